The molecule has 3 aliphatic rings. The smallest absolute Gasteiger partial charge is 0.410 e. The summed E-state index contributed by atoms with van der Waals surface area (Å²) in [5.74, 6) is -4.55. The predicted octanol–water partition coefficient (Wildman–Crippen LogP) is 4.68. The second-order valence-corrected chi connectivity index (χ2v) is 16.5. The molecule has 3 saturated heterocycles. The van der Waals surface area contributed by atoms with Crippen LogP contribution in [0, 0.1) is 17.8 Å². The number of hydrogen-bond acceptors (Lipinski definition) is 13. The van der Waals surface area contributed by atoms with Crippen molar-refractivity contribution in [3.8, 4) is 11.3 Å². The molecule has 0 unspecified atom stereocenters. The quantitative estimate of drug-likeness (QED) is 0.189. The lowest BCUT2D eigenvalue weighted by Crippen LogP contribution is -2.59. The zero-order valence-corrected chi connectivity index (χ0v) is 34.9. The largest absolute Gasteiger partial charge is 0.458 e. The number of aliphatic hydroxyl groups is 1. The summed E-state index contributed by atoms with van der Waals surface area (Å²) in [7, 11) is 5.17. The number of rotatable bonds is 11. The number of ether oxygens (including phenoxy) is 5. The normalized spacial score (nSPS) is 36.8. The van der Waals surface area contributed by atoms with Crippen molar-refractivity contribution in [3.05, 3.63) is 37.0 Å². The molecule has 1 amide bonds. The number of ketones is 2. The average Bonchev–Trinajstić information content (AvgIpc) is 3.78. The molecule has 316 valence electrons. The minimum absolute atomic E-state index is 0.0252. The number of unbranched alkanes of at least 4 members (excludes halogenated alkanes) is 1. The van der Waals surface area contributed by atoms with Gasteiger partial charge in [0.1, 0.15) is 23.9 Å². The molecule has 3 fully saturated rings. The highest BCUT2D eigenvalue weighted by Crippen LogP contribution is 2.42. The Bertz CT molecular complexity index is 1940. The maximum atomic E-state index is 14.4. The number of hydrogen-bond donors (Lipinski definition) is 1. The van der Waals surface area contributed by atoms with Crippen molar-refractivity contribution in [2.75, 3.05) is 27.7 Å². The van der Waals surface area contributed by atoms with E-state index in [-0.39, 0.29) is 67.2 Å². The van der Waals surface area contributed by atoms with Crippen LogP contribution in [0.3, 0.4) is 0 Å². The molecule has 15 heteroatoms. The maximum absolute atomic E-state index is 14.4. The van der Waals surface area contributed by atoms with Gasteiger partial charge in [-0.25, -0.2) is 9.78 Å². The van der Waals surface area contributed by atoms with Crippen LogP contribution in [0.2, 0.25) is 0 Å². The highest BCUT2D eigenvalue weighted by atomic mass is 16.7. The Morgan fingerprint density at radius 3 is 2.49 bits per heavy atom. The van der Waals surface area contributed by atoms with Crippen LogP contribution in [0.4, 0.5) is 4.79 Å². The molecule has 0 aliphatic carbocycles. The first-order valence-electron chi connectivity index (χ1n) is 22.0. The number of cyclic esters (lactones) is 1. The fourth-order valence-electron chi connectivity index (χ4n) is 8.76. The van der Waals surface area contributed by atoms with E-state index in [0.717, 1.165) is 0 Å². The molecule has 57 heavy (non-hydrogen) atoms. The number of likely N-dealkylation sites (N-methyl/N-ethyl adjacent to an activating group) is 1. The molecule has 0 saturated carbocycles. The second-order valence-electron chi connectivity index (χ2n) is 16.5. The van der Waals surface area contributed by atoms with Crippen molar-refractivity contribution in [1.29, 1.82) is 0 Å². The average molecular weight is 802 g/mol. The van der Waals surface area contributed by atoms with Gasteiger partial charge >= 0.3 is 12.1 Å². The van der Waals surface area contributed by atoms with Crippen LogP contribution in [-0.4, -0.2) is 135 Å². The Balaban J connectivity index is 1.40. The number of aromatic nitrogens is 3. The van der Waals surface area contributed by atoms with Crippen LogP contribution in [0.25, 0.3) is 11.3 Å². The Hall–Kier alpha value is -3.76. The third kappa shape index (κ3) is 9.43. The number of pyridine rings is 1. The third-order valence-electron chi connectivity index (χ3n) is 12.3. The lowest BCUT2D eigenvalue weighted by Gasteiger charge is -2.46. The fourth-order valence-corrected chi connectivity index (χ4v) is 8.76. The summed E-state index contributed by atoms with van der Waals surface area (Å²) < 4.78 is 64.7. The number of carbonyl (C=O) groups excluding carboxylic acids is 4. The summed E-state index contributed by atoms with van der Waals surface area (Å²) in [6.45, 7) is 12.5. The van der Waals surface area contributed by atoms with E-state index in [9.17, 15) is 24.3 Å². The van der Waals surface area contributed by atoms with Gasteiger partial charge in [-0.2, -0.15) is 0 Å². The first-order chi connectivity index (χ1) is 28.6. The van der Waals surface area contributed by atoms with Crippen LogP contribution in [0.1, 0.15) is 92.5 Å². The van der Waals surface area contributed by atoms with Crippen molar-refractivity contribution in [2.45, 2.75) is 148 Å². The van der Waals surface area contributed by atoms with Gasteiger partial charge in [0.2, 0.25) is 0 Å². The molecule has 15 nitrogen and oxygen atoms in total. The van der Waals surface area contributed by atoms with Gasteiger partial charge in [0.15, 0.2) is 17.7 Å². The monoisotopic (exact) mass is 801 g/mol. The zero-order chi connectivity index (χ0) is 45.3. The molecule has 0 aromatic carbocycles. The van der Waals surface area contributed by atoms with Crippen molar-refractivity contribution in [2.24, 2.45) is 17.8 Å². The van der Waals surface area contributed by atoms with Crippen LogP contribution in [-0.2, 0) is 44.6 Å². The van der Waals surface area contributed by atoms with Crippen molar-refractivity contribution < 1.29 is 53.5 Å². The highest BCUT2D eigenvalue weighted by Gasteiger charge is 2.59. The van der Waals surface area contributed by atoms with Gasteiger partial charge < -0.3 is 43.2 Å². The predicted molar refractivity (Wildman–Crippen MR) is 210 cm³/mol. The third-order valence-corrected chi connectivity index (χ3v) is 12.3. The first-order valence-corrected chi connectivity index (χ1v) is 20.0. The zero-order valence-electron chi connectivity index (χ0n) is 38.9. The second kappa shape index (κ2) is 18.4. The van der Waals surface area contributed by atoms with E-state index in [1.165, 1.54) is 25.3 Å². The topological polar surface area (TPSA) is 172 Å². The number of fused-ring (bicyclic) bond motifs is 1. The maximum Gasteiger partial charge on any atom is 0.410 e. The molecule has 2 aromatic rings. The number of methoxy groups -OCH3 is 1. The molecule has 5 rings (SSSR count). The number of aryl methyl sites for hydroxylation is 1. The molecule has 2 aromatic heterocycles. The first kappa shape index (κ1) is 38.7. The van der Waals surface area contributed by atoms with E-state index in [4.69, 9.17) is 29.2 Å². The van der Waals surface area contributed by atoms with E-state index >= 15 is 0 Å². The SMILES string of the molecule is [2H]c1nc([2H])c(-c2cn(CCCCN3C(=O)O[C@]4(C)[C@@H](CC)OC(=O)[C@H](C)C(=O)[C@H](C)[C@@H](O[C@@H]5O[C@H](C)C[C@H](N(C)C)[C@H]5O)[C@](C)(OC)CCC(=O)[C@H](C)[C@@H]34)cn2)c([2H])c1[2H]. The van der Waals surface area contributed by atoms with Crippen LogP contribution in [0.5, 0.6) is 0 Å². The van der Waals surface area contributed by atoms with Crippen molar-refractivity contribution >= 4 is 23.6 Å². The molecule has 1 N–H and O–H groups in total. The van der Waals surface area contributed by atoms with E-state index < -0.39 is 89.7 Å². The molecule has 3 aliphatic heterocycles. The number of imidazole rings is 1. The van der Waals surface area contributed by atoms with Crippen molar-refractivity contribution in [1.82, 2.24) is 24.3 Å². The lowest BCUT2D eigenvalue weighted by atomic mass is 9.76. The summed E-state index contributed by atoms with van der Waals surface area (Å²) in [5, 5.41) is 11.4. The molecule has 12 atom stereocenters. The fraction of sp³-hybridized carbons (Fsp3) is 0.714. The Kier molecular flexibility index (Phi) is 12.5. The summed E-state index contributed by atoms with van der Waals surface area (Å²) in [4.78, 5) is 67.9. The van der Waals surface area contributed by atoms with E-state index in [0.29, 0.717) is 25.8 Å². The molecule has 0 spiro atoms. The number of nitrogens with zero attached hydrogens (tertiary/aromatic N) is 5. The van der Waals surface area contributed by atoms with Crippen LogP contribution >= 0.6 is 0 Å². The Morgan fingerprint density at radius 1 is 1.09 bits per heavy atom. The van der Waals surface area contributed by atoms with Crippen LogP contribution in [0.15, 0.2) is 37.0 Å². The molecular weight excluding hydrogens is 734 g/mol. The molecule has 0 radical (unpaired) electrons. The minimum atomic E-state index is -1.46. The number of amides is 1. The van der Waals surface area contributed by atoms with E-state index in [2.05, 4.69) is 9.97 Å². The summed E-state index contributed by atoms with van der Waals surface area (Å²) >= 11 is 0. The number of esters is 1. The molecular formula is C42H63N5O10. The summed E-state index contributed by atoms with van der Waals surface area (Å²) in [6.07, 6.45) is -0.960. The van der Waals surface area contributed by atoms with Gasteiger partial charge in [-0.05, 0) is 86.0 Å². The van der Waals surface area contributed by atoms with Crippen molar-refractivity contribution in [3.63, 3.8) is 0 Å². The lowest BCUT2D eigenvalue weighted by molar-refractivity contribution is -0.294. The molecule has 5 heterocycles. The minimum Gasteiger partial charge on any atom is -0.458 e. The summed E-state index contributed by atoms with van der Waals surface area (Å²) in [6, 6.07) is -1.85. The van der Waals surface area contributed by atoms with Gasteiger partial charge in [-0.1, -0.05) is 20.8 Å². The van der Waals surface area contributed by atoms with Gasteiger partial charge in [0, 0.05) is 68.6 Å². The Morgan fingerprint density at radius 2 is 1.81 bits per heavy atom. The van der Waals surface area contributed by atoms with Gasteiger partial charge in [0.25, 0.3) is 0 Å². The van der Waals surface area contributed by atoms with Gasteiger partial charge in [0.05, 0.1) is 41.4 Å². The Labute approximate surface area is 342 Å². The van der Waals surface area contributed by atoms with E-state index in [1.54, 1.807) is 45.4 Å². The van der Waals surface area contributed by atoms with E-state index in [1.807, 2.05) is 25.9 Å². The number of Topliss-reactive ketones (excluding diaryl/α,β-unsaturated/α-hetero) is 2. The summed E-state index contributed by atoms with van der Waals surface area (Å²) in [5.41, 5.74) is -2.40. The molecule has 0 bridgehead atoms. The highest BCUT2D eigenvalue weighted by molar-refractivity contribution is 6.00. The van der Waals surface area contributed by atoms with Gasteiger partial charge in [-0.15, -0.1) is 0 Å². The number of carbonyl (C=O) groups is 4. The van der Waals surface area contributed by atoms with Gasteiger partial charge in [-0.3, -0.25) is 19.4 Å². The number of aliphatic hydroxyl groups excluding tert-OH is 1. The standard InChI is InChI=1S/C42H63N5O10/c1-11-33-42(7)36(47(40(52)57-42)20-13-12-19-46-23-30(44-24-46)29-15-14-18-43-22-29)26(3)32(48)16-17-41(6,53-10)37(27(4)34(49)28(5)38(51)55-33)56-39-35(50)31(45(8)9)21-25(2)54-39/h14-15,18,22-28,31,33,35-37,39,50H,11-13,16-17,19-21H2,1-10H3/t25-,26+,27+,28-,31+,33-,35-,36-,37-,39+,41-,42-/m1/s1/i14D,15D,18D,22D. The van der Waals surface area contributed by atoms with Crippen LogP contribution < -0.4 is 0 Å².